The summed E-state index contributed by atoms with van der Waals surface area (Å²) >= 11 is 11.4. The maximum absolute atomic E-state index is 13.4. The van der Waals surface area contributed by atoms with Gasteiger partial charge in [0.2, 0.25) is 0 Å². The molecule has 1 aromatic rings. The molecule has 0 radical (unpaired) electrons. The van der Waals surface area contributed by atoms with Crippen molar-refractivity contribution in [3.63, 3.8) is 0 Å². The van der Waals surface area contributed by atoms with E-state index in [0.29, 0.717) is 6.54 Å². The van der Waals surface area contributed by atoms with Gasteiger partial charge in [0.15, 0.2) is 11.0 Å². The highest BCUT2D eigenvalue weighted by molar-refractivity contribution is 6.34. The van der Waals surface area contributed by atoms with Crippen molar-refractivity contribution >= 4 is 29.1 Å². The zero-order chi connectivity index (χ0) is 13.3. The van der Waals surface area contributed by atoms with E-state index in [4.69, 9.17) is 23.2 Å². The van der Waals surface area contributed by atoms with Gasteiger partial charge in [-0.1, -0.05) is 23.2 Å². The van der Waals surface area contributed by atoms with Crippen molar-refractivity contribution in [1.82, 2.24) is 9.88 Å². The lowest BCUT2D eigenvalue weighted by Crippen LogP contribution is -2.42. The van der Waals surface area contributed by atoms with Crippen LogP contribution in [-0.4, -0.2) is 28.4 Å². The molecule has 0 aliphatic carbocycles. The molecule has 1 aliphatic heterocycles. The van der Waals surface area contributed by atoms with Crippen molar-refractivity contribution < 1.29 is 9.18 Å². The van der Waals surface area contributed by atoms with Gasteiger partial charge in [0.05, 0.1) is 5.56 Å². The molecule has 0 spiro atoms. The van der Waals surface area contributed by atoms with Crippen LogP contribution in [0.5, 0.6) is 0 Å². The van der Waals surface area contributed by atoms with Gasteiger partial charge in [0.25, 0.3) is 5.91 Å². The summed E-state index contributed by atoms with van der Waals surface area (Å²) in [5, 5.41) is -0.368. The number of carbonyl (C=O) groups is 1. The SMILES string of the molecule is CC1CCCCN1C(=O)c1cc(F)c(Cl)nc1Cl. The Kier molecular flexibility index (Phi) is 4.07. The van der Waals surface area contributed by atoms with Gasteiger partial charge in [-0.25, -0.2) is 9.37 Å². The quantitative estimate of drug-likeness (QED) is 0.741. The minimum absolute atomic E-state index is 0.0517. The lowest BCUT2D eigenvalue weighted by atomic mass is 10.0. The van der Waals surface area contributed by atoms with E-state index in [9.17, 15) is 9.18 Å². The van der Waals surface area contributed by atoms with Crippen LogP contribution in [0.25, 0.3) is 0 Å². The zero-order valence-electron chi connectivity index (χ0n) is 9.92. The Morgan fingerprint density at radius 2 is 2.17 bits per heavy atom. The molecule has 1 aromatic heterocycles. The molecule has 0 aromatic carbocycles. The average Bonchev–Trinajstić information content (AvgIpc) is 2.33. The number of hydrogen-bond donors (Lipinski definition) is 0. The molecule has 0 N–H and O–H groups in total. The van der Waals surface area contributed by atoms with Crippen molar-refractivity contribution in [2.75, 3.05) is 6.54 Å². The number of halogens is 3. The molecule has 6 heteroatoms. The van der Waals surface area contributed by atoms with E-state index in [-0.39, 0.29) is 27.8 Å². The van der Waals surface area contributed by atoms with E-state index in [2.05, 4.69) is 4.98 Å². The molecule has 3 nitrogen and oxygen atoms in total. The number of aromatic nitrogens is 1. The van der Waals surface area contributed by atoms with Crippen molar-refractivity contribution in [3.8, 4) is 0 Å². The predicted octanol–water partition coefficient (Wildman–Crippen LogP) is 3.54. The Balaban J connectivity index is 2.30. The molecule has 98 valence electrons. The summed E-state index contributed by atoms with van der Waals surface area (Å²) in [7, 11) is 0. The maximum Gasteiger partial charge on any atom is 0.257 e. The summed E-state index contributed by atoms with van der Waals surface area (Å²) in [6, 6.07) is 1.20. The molecule has 1 amide bonds. The fourth-order valence-corrected chi connectivity index (χ4v) is 2.55. The molecular formula is C12H13Cl2FN2O. The van der Waals surface area contributed by atoms with Crippen LogP contribution in [0.1, 0.15) is 36.5 Å². The number of rotatable bonds is 1. The van der Waals surface area contributed by atoms with Gasteiger partial charge in [0, 0.05) is 12.6 Å². The lowest BCUT2D eigenvalue weighted by molar-refractivity contribution is 0.0635. The number of piperidine rings is 1. The number of hydrogen-bond acceptors (Lipinski definition) is 2. The fraction of sp³-hybridized carbons (Fsp3) is 0.500. The second kappa shape index (κ2) is 5.41. The fourth-order valence-electron chi connectivity index (χ4n) is 2.15. The molecule has 18 heavy (non-hydrogen) atoms. The third-order valence-corrected chi connectivity index (χ3v) is 3.73. The molecule has 1 saturated heterocycles. The molecule has 2 heterocycles. The van der Waals surface area contributed by atoms with Crippen LogP contribution in [0, 0.1) is 5.82 Å². The zero-order valence-corrected chi connectivity index (χ0v) is 11.4. The van der Waals surface area contributed by atoms with E-state index >= 15 is 0 Å². The maximum atomic E-state index is 13.4. The highest BCUT2D eigenvalue weighted by Crippen LogP contribution is 2.25. The minimum Gasteiger partial charge on any atom is -0.336 e. The third-order valence-electron chi connectivity index (χ3n) is 3.18. The predicted molar refractivity (Wildman–Crippen MR) is 68.6 cm³/mol. The summed E-state index contributed by atoms with van der Waals surface area (Å²) in [5.41, 5.74) is 0.0762. The Labute approximate surface area is 115 Å². The number of pyridine rings is 1. The third kappa shape index (κ3) is 2.59. The first-order chi connectivity index (χ1) is 8.50. The standard InChI is InChI=1S/C12H13Cl2FN2O/c1-7-4-2-3-5-17(7)12(18)8-6-9(15)11(14)16-10(8)13/h6-7H,2-5H2,1H3. The number of nitrogens with zero attached hydrogens (tertiary/aromatic N) is 2. The van der Waals surface area contributed by atoms with Gasteiger partial charge in [0.1, 0.15) is 5.15 Å². The van der Waals surface area contributed by atoms with E-state index in [1.165, 1.54) is 0 Å². The van der Waals surface area contributed by atoms with E-state index in [1.54, 1.807) is 4.90 Å². The average molecular weight is 291 g/mol. The highest BCUT2D eigenvalue weighted by Gasteiger charge is 2.26. The van der Waals surface area contributed by atoms with Crippen LogP contribution >= 0.6 is 23.2 Å². The first kappa shape index (κ1) is 13.6. The second-order valence-corrected chi connectivity index (χ2v) is 5.16. The summed E-state index contributed by atoms with van der Waals surface area (Å²) < 4.78 is 13.4. The van der Waals surface area contributed by atoms with Crippen molar-refractivity contribution in [1.29, 1.82) is 0 Å². The Bertz CT molecular complexity index is 481. The lowest BCUT2D eigenvalue weighted by Gasteiger charge is -2.33. The van der Waals surface area contributed by atoms with Gasteiger partial charge < -0.3 is 4.90 Å². The molecule has 0 saturated carbocycles. The van der Waals surface area contributed by atoms with Gasteiger partial charge in [-0.15, -0.1) is 0 Å². The van der Waals surface area contributed by atoms with Crippen molar-refractivity contribution in [2.24, 2.45) is 0 Å². The molecule has 1 atom stereocenters. The molecular weight excluding hydrogens is 278 g/mol. The molecule has 1 fully saturated rings. The second-order valence-electron chi connectivity index (χ2n) is 4.44. The largest absolute Gasteiger partial charge is 0.336 e. The molecule has 2 rings (SSSR count). The Morgan fingerprint density at radius 3 is 2.83 bits per heavy atom. The first-order valence-corrected chi connectivity index (χ1v) is 6.59. The van der Waals surface area contributed by atoms with E-state index < -0.39 is 5.82 Å². The van der Waals surface area contributed by atoms with Crippen LogP contribution < -0.4 is 0 Å². The van der Waals surface area contributed by atoms with E-state index in [1.807, 2.05) is 6.92 Å². The van der Waals surface area contributed by atoms with Crippen molar-refractivity contribution in [3.05, 3.63) is 27.8 Å². The van der Waals surface area contributed by atoms with E-state index in [0.717, 1.165) is 25.3 Å². The number of likely N-dealkylation sites (tertiary alicyclic amines) is 1. The topological polar surface area (TPSA) is 33.2 Å². The van der Waals surface area contributed by atoms with Gasteiger partial charge >= 0.3 is 0 Å². The van der Waals surface area contributed by atoms with Crippen LogP contribution in [0.2, 0.25) is 10.3 Å². The monoisotopic (exact) mass is 290 g/mol. The molecule has 0 bridgehead atoms. The molecule has 1 aliphatic rings. The number of amides is 1. The van der Waals surface area contributed by atoms with Crippen LogP contribution in [0.15, 0.2) is 6.07 Å². The normalized spacial score (nSPS) is 20.0. The number of carbonyl (C=O) groups excluding carboxylic acids is 1. The molecule has 1 unspecified atom stereocenters. The van der Waals surface area contributed by atoms with Crippen LogP contribution in [-0.2, 0) is 0 Å². The van der Waals surface area contributed by atoms with Gasteiger partial charge in [-0.05, 0) is 32.3 Å². The highest BCUT2D eigenvalue weighted by atomic mass is 35.5. The summed E-state index contributed by atoms with van der Waals surface area (Å²) in [6.07, 6.45) is 3.01. The summed E-state index contributed by atoms with van der Waals surface area (Å²) in [4.78, 5) is 17.6. The van der Waals surface area contributed by atoms with Gasteiger partial charge in [-0.3, -0.25) is 4.79 Å². The summed E-state index contributed by atoms with van der Waals surface area (Å²) in [6.45, 7) is 2.64. The van der Waals surface area contributed by atoms with Crippen LogP contribution in [0.4, 0.5) is 4.39 Å². The summed E-state index contributed by atoms with van der Waals surface area (Å²) in [5.74, 6) is -1.01. The Hall–Kier alpha value is -0.870. The minimum atomic E-state index is -0.728. The van der Waals surface area contributed by atoms with Gasteiger partial charge in [-0.2, -0.15) is 0 Å². The first-order valence-electron chi connectivity index (χ1n) is 5.83. The van der Waals surface area contributed by atoms with Crippen molar-refractivity contribution in [2.45, 2.75) is 32.2 Å². The Morgan fingerprint density at radius 1 is 1.44 bits per heavy atom. The van der Waals surface area contributed by atoms with Crippen LogP contribution in [0.3, 0.4) is 0 Å². The smallest absolute Gasteiger partial charge is 0.257 e.